The summed E-state index contributed by atoms with van der Waals surface area (Å²) in [6, 6.07) is 11.3. The van der Waals surface area contributed by atoms with Crippen LogP contribution < -0.4 is 10.9 Å². The quantitative estimate of drug-likeness (QED) is 0.563. The molecule has 3 N–H and O–H groups in total. The van der Waals surface area contributed by atoms with Crippen LogP contribution in [0.3, 0.4) is 0 Å². The maximum atomic E-state index is 12.2. The van der Waals surface area contributed by atoms with Gasteiger partial charge in [0.2, 0.25) is 0 Å². The Morgan fingerprint density at radius 2 is 1.79 bits per heavy atom. The third-order valence-corrected chi connectivity index (χ3v) is 3.07. The highest BCUT2D eigenvalue weighted by Crippen LogP contribution is 2.13. The zero-order valence-electron chi connectivity index (χ0n) is 12.6. The molecule has 0 bridgehead atoms. The number of hydrogen-bond donors (Lipinski definition) is 3. The first kappa shape index (κ1) is 16.9. The van der Waals surface area contributed by atoms with Crippen LogP contribution in [0.5, 0.6) is 0 Å². The van der Waals surface area contributed by atoms with Crippen molar-refractivity contribution < 1.29 is 19.5 Å². The van der Waals surface area contributed by atoms with Crippen molar-refractivity contribution in [2.24, 2.45) is 0 Å². The second-order valence-electron chi connectivity index (χ2n) is 4.81. The maximum Gasteiger partial charge on any atom is 0.328 e. The number of hydrazine groups is 1. The number of carboxylic acids is 1. The number of carbonyl (C=O) groups excluding carboxylic acids is 2. The van der Waals surface area contributed by atoms with Crippen LogP contribution in [0.4, 0.5) is 0 Å². The summed E-state index contributed by atoms with van der Waals surface area (Å²) in [4.78, 5) is 37.8. The van der Waals surface area contributed by atoms with E-state index in [0.717, 1.165) is 17.2 Å². The Morgan fingerprint density at radius 1 is 1.04 bits per heavy atom. The highest BCUT2D eigenvalue weighted by atomic mass is 16.4. The van der Waals surface area contributed by atoms with Crippen molar-refractivity contribution in [3.8, 4) is 0 Å². The monoisotopic (exact) mass is 325 g/mol. The molecule has 0 radical (unpaired) electrons. The van der Waals surface area contributed by atoms with Gasteiger partial charge >= 0.3 is 5.97 Å². The second kappa shape index (κ2) is 8.23. The van der Waals surface area contributed by atoms with E-state index in [1.165, 1.54) is 6.20 Å². The lowest BCUT2D eigenvalue weighted by Crippen LogP contribution is -2.41. The van der Waals surface area contributed by atoms with E-state index in [0.29, 0.717) is 18.1 Å². The fraction of sp³-hybridized carbons (Fsp3) is 0.0588. The van der Waals surface area contributed by atoms with Gasteiger partial charge in [0.05, 0.1) is 5.56 Å². The van der Waals surface area contributed by atoms with Crippen LogP contribution in [0, 0.1) is 0 Å². The number of carbonyl (C=O) groups is 3. The van der Waals surface area contributed by atoms with E-state index in [2.05, 4.69) is 15.8 Å². The largest absolute Gasteiger partial charge is 0.478 e. The molecule has 0 atom stereocenters. The minimum atomic E-state index is -1.26. The predicted octanol–water partition coefficient (Wildman–Crippen LogP) is 1.07. The van der Waals surface area contributed by atoms with Gasteiger partial charge < -0.3 is 5.11 Å². The lowest BCUT2D eigenvalue weighted by Gasteiger charge is -2.10. The molecule has 7 nitrogen and oxygen atoms in total. The summed E-state index contributed by atoms with van der Waals surface area (Å²) < 4.78 is 0. The fourth-order valence-corrected chi connectivity index (χ4v) is 1.97. The Morgan fingerprint density at radius 3 is 2.50 bits per heavy atom. The number of amides is 2. The summed E-state index contributed by atoms with van der Waals surface area (Å²) in [5, 5.41) is 8.43. The van der Waals surface area contributed by atoms with Crippen molar-refractivity contribution in [2.75, 3.05) is 0 Å². The van der Waals surface area contributed by atoms with Gasteiger partial charge in [-0.3, -0.25) is 25.4 Å². The molecule has 2 aromatic rings. The molecule has 2 rings (SSSR count). The topological polar surface area (TPSA) is 108 Å². The molecule has 7 heteroatoms. The van der Waals surface area contributed by atoms with Crippen molar-refractivity contribution >= 4 is 17.8 Å². The fourth-order valence-electron chi connectivity index (χ4n) is 1.97. The standard InChI is InChI=1S/C17H15N3O4/c21-15(6-7-16(22)23)19-20-17(24)14-11-18-9-8-13(14)10-12-4-2-1-3-5-12/h1-9,11H,10H2,(H,19,21)(H,20,24)(H,22,23). The molecule has 0 saturated heterocycles. The van der Waals surface area contributed by atoms with Crippen LogP contribution in [-0.2, 0) is 16.0 Å². The summed E-state index contributed by atoms with van der Waals surface area (Å²) >= 11 is 0. The van der Waals surface area contributed by atoms with E-state index in [9.17, 15) is 14.4 Å². The molecular weight excluding hydrogens is 310 g/mol. The number of hydrogen-bond acceptors (Lipinski definition) is 4. The van der Waals surface area contributed by atoms with E-state index in [-0.39, 0.29) is 0 Å². The Bertz CT molecular complexity index is 772. The summed E-state index contributed by atoms with van der Waals surface area (Å²) in [5.74, 6) is -2.54. The van der Waals surface area contributed by atoms with Gasteiger partial charge in [-0.1, -0.05) is 30.3 Å². The number of carboxylic acid groups (broad SMARTS) is 1. The first-order chi connectivity index (χ1) is 11.6. The van der Waals surface area contributed by atoms with Crippen molar-refractivity contribution in [1.29, 1.82) is 0 Å². The number of aromatic nitrogens is 1. The zero-order chi connectivity index (χ0) is 17.4. The normalized spacial score (nSPS) is 10.3. The van der Waals surface area contributed by atoms with Crippen molar-refractivity contribution in [3.63, 3.8) is 0 Å². The first-order valence-corrected chi connectivity index (χ1v) is 7.04. The summed E-state index contributed by atoms with van der Waals surface area (Å²) in [5.41, 5.74) is 6.45. The third-order valence-electron chi connectivity index (χ3n) is 3.07. The number of nitrogens with one attached hydrogen (secondary N) is 2. The molecule has 0 unspecified atom stereocenters. The molecule has 1 aromatic carbocycles. The zero-order valence-corrected chi connectivity index (χ0v) is 12.6. The third kappa shape index (κ3) is 5.06. The van der Waals surface area contributed by atoms with Crippen molar-refractivity contribution in [1.82, 2.24) is 15.8 Å². The first-order valence-electron chi connectivity index (χ1n) is 7.04. The van der Waals surface area contributed by atoms with Crippen LogP contribution in [-0.4, -0.2) is 27.9 Å². The van der Waals surface area contributed by atoms with Gasteiger partial charge in [0.15, 0.2) is 0 Å². The number of benzene rings is 1. The van der Waals surface area contributed by atoms with Gasteiger partial charge in [-0.25, -0.2) is 4.79 Å². The SMILES string of the molecule is O=C(O)C=CC(=O)NNC(=O)c1cnccc1Cc1ccccc1. The molecule has 1 aromatic heterocycles. The highest BCUT2D eigenvalue weighted by molar-refractivity contribution is 5.99. The molecule has 1 heterocycles. The molecule has 0 saturated carbocycles. The Balaban J connectivity index is 2.04. The van der Waals surface area contributed by atoms with Crippen molar-refractivity contribution in [3.05, 3.63) is 77.6 Å². The lowest BCUT2D eigenvalue weighted by molar-refractivity contribution is -0.131. The second-order valence-corrected chi connectivity index (χ2v) is 4.81. The van der Waals surface area contributed by atoms with E-state index in [1.807, 2.05) is 30.3 Å². The summed E-state index contributed by atoms with van der Waals surface area (Å²) in [6.07, 6.45) is 5.01. The van der Waals surface area contributed by atoms with Gasteiger partial charge in [-0.2, -0.15) is 0 Å². The lowest BCUT2D eigenvalue weighted by atomic mass is 10.0. The minimum Gasteiger partial charge on any atom is -0.478 e. The number of aliphatic carboxylic acids is 1. The maximum absolute atomic E-state index is 12.2. The molecule has 0 fully saturated rings. The molecule has 2 amide bonds. The minimum absolute atomic E-state index is 0.323. The molecule has 0 aliphatic carbocycles. The van der Waals surface area contributed by atoms with Gasteiger partial charge in [0, 0.05) is 24.5 Å². The number of rotatable bonds is 5. The van der Waals surface area contributed by atoms with Crippen LogP contribution >= 0.6 is 0 Å². The highest BCUT2D eigenvalue weighted by Gasteiger charge is 2.12. The van der Waals surface area contributed by atoms with Crippen LogP contribution in [0.25, 0.3) is 0 Å². The average molecular weight is 325 g/mol. The Kier molecular flexibility index (Phi) is 5.79. The predicted molar refractivity (Wildman–Crippen MR) is 85.9 cm³/mol. The van der Waals surface area contributed by atoms with Crippen molar-refractivity contribution in [2.45, 2.75) is 6.42 Å². The molecular formula is C17H15N3O4. The Labute approximate surface area is 138 Å². The van der Waals surface area contributed by atoms with Crippen LogP contribution in [0.1, 0.15) is 21.5 Å². The average Bonchev–Trinajstić information content (AvgIpc) is 2.59. The van der Waals surface area contributed by atoms with E-state index < -0.39 is 17.8 Å². The molecule has 24 heavy (non-hydrogen) atoms. The van der Waals surface area contributed by atoms with Gasteiger partial charge in [-0.15, -0.1) is 0 Å². The van der Waals surface area contributed by atoms with E-state index in [4.69, 9.17) is 5.11 Å². The van der Waals surface area contributed by atoms with Crippen LogP contribution in [0.15, 0.2) is 60.9 Å². The van der Waals surface area contributed by atoms with E-state index >= 15 is 0 Å². The summed E-state index contributed by atoms with van der Waals surface area (Å²) in [6.45, 7) is 0. The van der Waals surface area contributed by atoms with E-state index in [1.54, 1.807) is 12.3 Å². The molecule has 122 valence electrons. The number of pyridine rings is 1. The smallest absolute Gasteiger partial charge is 0.328 e. The molecule has 0 spiro atoms. The van der Waals surface area contributed by atoms with Crippen LogP contribution in [0.2, 0.25) is 0 Å². The van der Waals surface area contributed by atoms with Gasteiger partial charge in [0.1, 0.15) is 0 Å². The van der Waals surface area contributed by atoms with Gasteiger partial charge in [-0.05, 0) is 23.6 Å². The molecule has 0 aliphatic rings. The Hall–Kier alpha value is -3.48. The molecule has 0 aliphatic heterocycles. The number of nitrogens with zero attached hydrogens (tertiary/aromatic N) is 1. The summed E-state index contributed by atoms with van der Waals surface area (Å²) in [7, 11) is 0. The van der Waals surface area contributed by atoms with Gasteiger partial charge in [0.25, 0.3) is 11.8 Å².